The fourth-order valence-corrected chi connectivity index (χ4v) is 3.22. The first kappa shape index (κ1) is 16.9. The van der Waals surface area contributed by atoms with Crippen LogP contribution in [0.25, 0.3) is 0 Å². The van der Waals surface area contributed by atoms with Crippen molar-refractivity contribution >= 4 is 23.6 Å². The molecule has 2 N–H and O–H groups in total. The third kappa shape index (κ3) is 5.05. The van der Waals surface area contributed by atoms with Crippen LogP contribution in [-0.2, 0) is 22.4 Å². The highest BCUT2D eigenvalue weighted by Gasteiger charge is 2.11. The van der Waals surface area contributed by atoms with Crippen molar-refractivity contribution in [3.05, 3.63) is 29.3 Å². The number of rotatable bonds is 7. The van der Waals surface area contributed by atoms with Crippen LogP contribution in [0.1, 0.15) is 31.4 Å². The SMILES string of the molecule is CC(C)C(=O)NCCNC(=O)CSc1ccc2c(c1)CCC2. The van der Waals surface area contributed by atoms with Crippen molar-refractivity contribution < 1.29 is 9.59 Å². The van der Waals surface area contributed by atoms with Crippen LogP contribution in [0.15, 0.2) is 23.1 Å². The monoisotopic (exact) mass is 320 g/mol. The smallest absolute Gasteiger partial charge is 0.230 e. The summed E-state index contributed by atoms with van der Waals surface area (Å²) >= 11 is 1.56. The van der Waals surface area contributed by atoms with Gasteiger partial charge in [0.05, 0.1) is 5.75 Å². The predicted octanol–water partition coefficient (Wildman–Crippen LogP) is 2.16. The van der Waals surface area contributed by atoms with E-state index < -0.39 is 0 Å². The number of amides is 2. The van der Waals surface area contributed by atoms with E-state index in [2.05, 4.69) is 28.8 Å². The quantitative estimate of drug-likeness (QED) is 0.598. The lowest BCUT2D eigenvalue weighted by atomic mass is 10.1. The van der Waals surface area contributed by atoms with Gasteiger partial charge in [0.2, 0.25) is 11.8 Å². The molecule has 0 saturated carbocycles. The van der Waals surface area contributed by atoms with Crippen molar-refractivity contribution in [3.8, 4) is 0 Å². The second-order valence-corrected chi connectivity index (χ2v) is 6.92. The minimum Gasteiger partial charge on any atom is -0.354 e. The molecule has 0 unspecified atom stereocenters. The Bertz CT molecular complexity index is 543. The lowest BCUT2D eigenvalue weighted by molar-refractivity contribution is -0.124. The summed E-state index contributed by atoms with van der Waals surface area (Å²) < 4.78 is 0. The maximum absolute atomic E-state index is 11.8. The van der Waals surface area contributed by atoms with Crippen molar-refractivity contribution in [2.45, 2.75) is 38.0 Å². The average Bonchev–Trinajstić information content (AvgIpc) is 2.96. The van der Waals surface area contributed by atoms with E-state index in [-0.39, 0.29) is 17.7 Å². The molecule has 1 aliphatic carbocycles. The summed E-state index contributed by atoms with van der Waals surface area (Å²) in [6.45, 7) is 4.65. The van der Waals surface area contributed by atoms with E-state index in [4.69, 9.17) is 0 Å². The van der Waals surface area contributed by atoms with Crippen LogP contribution in [-0.4, -0.2) is 30.7 Å². The van der Waals surface area contributed by atoms with Gasteiger partial charge in [-0.1, -0.05) is 19.9 Å². The molecule has 120 valence electrons. The molecule has 0 spiro atoms. The number of benzene rings is 1. The van der Waals surface area contributed by atoms with Crippen LogP contribution in [0.5, 0.6) is 0 Å². The summed E-state index contributed by atoms with van der Waals surface area (Å²) in [5.74, 6) is 0.411. The fourth-order valence-electron chi connectivity index (χ4n) is 2.43. The van der Waals surface area contributed by atoms with Gasteiger partial charge in [0, 0.05) is 23.9 Å². The Morgan fingerprint density at radius 2 is 1.86 bits per heavy atom. The zero-order valence-electron chi connectivity index (χ0n) is 13.3. The van der Waals surface area contributed by atoms with Gasteiger partial charge in [-0.2, -0.15) is 0 Å². The van der Waals surface area contributed by atoms with Crippen molar-refractivity contribution in [2.24, 2.45) is 5.92 Å². The average molecular weight is 320 g/mol. The molecule has 2 amide bonds. The Labute approximate surface area is 136 Å². The number of carbonyl (C=O) groups excluding carboxylic acids is 2. The molecule has 0 atom stereocenters. The number of hydrogen-bond acceptors (Lipinski definition) is 3. The fraction of sp³-hybridized carbons (Fsp3) is 0.529. The molecule has 1 aromatic rings. The summed E-state index contributed by atoms with van der Waals surface area (Å²) in [5, 5.41) is 5.60. The second kappa shape index (κ2) is 8.22. The van der Waals surface area contributed by atoms with Gasteiger partial charge in [-0.05, 0) is 42.5 Å². The number of fused-ring (bicyclic) bond motifs is 1. The topological polar surface area (TPSA) is 58.2 Å². The molecule has 1 aliphatic rings. The van der Waals surface area contributed by atoms with Crippen molar-refractivity contribution in [2.75, 3.05) is 18.8 Å². The molecular weight excluding hydrogens is 296 g/mol. The molecule has 5 heteroatoms. The molecule has 4 nitrogen and oxygen atoms in total. The van der Waals surface area contributed by atoms with Crippen LogP contribution in [0, 0.1) is 5.92 Å². The molecular formula is C17H24N2O2S. The van der Waals surface area contributed by atoms with Gasteiger partial charge in [-0.25, -0.2) is 0 Å². The molecule has 0 bridgehead atoms. The van der Waals surface area contributed by atoms with Gasteiger partial charge in [0.25, 0.3) is 0 Å². The molecule has 0 aromatic heterocycles. The number of thioether (sulfide) groups is 1. The van der Waals surface area contributed by atoms with Crippen LogP contribution in [0.4, 0.5) is 0 Å². The summed E-state index contributed by atoms with van der Waals surface area (Å²) in [5.41, 5.74) is 2.89. The third-order valence-electron chi connectivity index (χ3n) is 3.71. The Kier molecular flexibility index (Phi) is 6.31. The van der Waals surface area contributed by atoms with E-state index in [0.717, 1.165) is 11.3 Å². The second-order valence-electron chi connectivity index (χ2n) is 5.87. The first-order valence-corrected chi connectivity index (χ1v) is 8.84. The lowest BCUT2D eigenvalue weighted by Crippen LogP contribution is -2.36. The van der Waals surface area contributed by atoms with Crippen molar-refractivity contribution in [1.29, 1.82) is 0 Å². The van der Waals surface area contributed by atoms with E-state index in [1.807, 2.05) is 13.8 Å². The molecule has 0 heterocycles. The molecule has 22 heavy (non-hydrogen) atoms. The van der Waals surface area contributed by atoms with Gasteiger partial charge in [0.15, 0.2) is 0 Å². The molecule has 0 aliphatic heterocycles. The molecule has 2 rings (SSSR count). The van der Waals surface area contributed by atoms with Crippen LogP contribution in [0.2, 0.25) is 0 Å². The van der Waals surface area contributed by atoms with Crippen LogP contribution >= 0.6 is 11.8 Å². The summed E-state index contributed by atoms with van der Waals surface area (Å²) in [6.07, 6.45) is 3.58. The highest BCUT2D eigenvalue weighted by atomic mass is 32.2. The minimum atomic E-state index is -0.0222. The number of carbonyl (C=O) groups is 2. The Morgan fingerprint density at radius 3 is 2.64 bits per heavy atom. The van der Waals surface area contributed by atoms with Gasteiger partial charge >= 0.3 is 0 Å². The molecule has 1 aromatic carbocycles. The first-order valence-electron chi connectivity index (χ1n) is 7.85. The van der Waals surface area contributed by atoms with Crippen LogP contribution < -0.4 is 10.6 Å². The molecule has 0 fully saturated rings. The zero-order chi connectivity index (χ0) is 15.9. The van der Waals surface area contributed by atoms with Gasteiger partial charge in [0.1, 0.15) is 0 Å². The Balaban J connectivity index is 1.64. The first-order chi connectivity index (χ1) is 10.6. The summed E-state index contributed by atoms with van der Waals surface area (Å²) in [6, 6.07) is 6.50. The minimum absolute atomic E-state index is 0.00398. The summed E-state index contributed by atoms with van der Waals surface area (Å²) in [7, 11) is 0. The Hall–Kier alpha value is -1.49. The molecule has 0 radical (unpaired) electrons. The largest absolute Gasteiger partial charge is 0.354 e. The highest BCUT2D eigenvalue weighted by molar-refractivity contribution is 8.00. The van der Waals surface area contributed by atoms with Gasteiger partial charge in [-0.3, -0.25) is 9.59 Å². The predicted molar refractivity (Wildman–Crippen MR) is 90.0 cm³/mol. The Morgan fingerprint density at radius 1 is 1.14 bits per heavy atom. The maximum Gasteiger partial charge on any atom is 0.230 e. The van der Waals surface area contributed by atoms with Gasteiger partial charge < -0.3 is 10.6 Å². The maximum atomic E-state index is 11.8. The van der Waals surface area contributed by atoms with E-state index in [0.29, 0.717) is 18.8 Å². The normalized spacial score (nSPS) is 13.0. The third-order valence-corrected chi connectivity index (χ3v) is 4.70. The number of hydrogen-bond donors (Lipinski definition) is 2. The zero-order valence-corrected chi connectivity index (χ0v) is 14.1. The number of nitrogens with one attached hydrogen (secondary N) is 2. The van der Waals surface area contributed by atoms with Crippen LogP contribution in [0.3, 0.4) is 0 Å². The lowest BCUT2D eigenvalue weighted by Gasteiger charge is -2.09. The van der Waals surface area contributed by atoms with E-state index in [1.165, 1.54) is 24.0 Å². The highest BCUT2D eigenvalue weighted by Crippen LogP contribution is 2.27. The standard InChI is InChI=1S/C17H24N2O2S/c1-12(2)17(21)19-9-8-18-16(20)11-22-15-7-6-13-4-3-5-14(13)10-15/h6-7,10,12H,3-5,8-9,11H2,1-2H3,(H,18,20)(H,19,21). The van der Waals surface area contributed by atoms with Crippen molar-refractivity contribution in [3.63, 3.8) is 0 Å². The summed E-state index contributed by atoms with van der Waals surface area (Å²) in [4.78, 5) is 24.3. The van der Waals surface area contributed by atoms with E-state index in [1.54, 1.807) is 11.8 Å². The number of aryl methyl sites for hydroxylation is 2. The van der Waals surface area contributed by atoms with Gasteiger partial charge in [-0.15, -0.1) is 11.8 Å². The van der Waals surface area contributed by atoms with E-state index in [9.17, 15) is 9.59 Å². The van der Waals surface area contributed by atoms with Crippen molar-refractivity contribution in [1.82, 2.24) is 10.6 Å². The van der Waals surface area contributed by atoms with E-state index >= 15 is 0 Å². The molecule has 0 saturated heterocycles.